The van der Waals surface area contributed by atoms with Crippen molar-refractivity contribution in [1.82, 2.24) is 24.7 Å². The zero-order valence-electron chi connectivity index (χ0n) is 20.7. The van der Waals surface area contributed by atoms with Crippen molar-refractivity contribution in [3.63, 3.8) is 0 Å². The molecule has 0 aliphatic carbocycles. The van der Waals surface area contributed by atoms with E-state index >= 15 is 0 Å². The second-order valence-electron chi connectivity index (χ2n) is 8.99. The van der Waals surface area contributed by atoms with Crippen LogP contribution < -0.4 is 16.0 Å². The number of aliphatic hydroxyl groups excluding tert-OH is 1. The van der Waals surface area contributed by atoms with E-state index in [1.165, 1.54) is 30.7 Å². The van der Waals surface area contributed by atoms with Gasteiger partial charge in [-0.1, -0.05) is 24.0 Å². The Morgan fingerprint density at radius 1 is 1.15 bits per heavy atom. The third-order valence-corrected chi connectivity index (χ3v) is 6.23. The molecule has 0 amide bonds. The highest BCUT2D eigenvalue weighted by atomic mass is 19.3. The zero-order valence-corrected chi connectivity index (χ0v) is 20.7. The fourth-order valence-corrected chi connectivity index (χ4v) is 4.38. The summed E-state index contributed by atoms with van der Waals surface area (Å²) in [5, 5.41) is 16.4. The second kappa shape index (κ2) is 11.5. The molecule has 4 heterocycles. The third kappa shape index (κ3) is 6.00. The Hall–Kier alpha value is -4.47. The molecular formula is C27H25F3N8O. The average Bonchev–Trinajstić information content (AvgIpc) is 3.42. The number of halogens is 3. The summed E-state index contributed by atoms with van der Waals surface area (Å²) in [6.45, 7) is -1.71. The monoisotopic (exact) mass is 534 g/mol. The standard InChI is InChI=1S/C27H25F3N8O/c28-21-5-1-3-19(16-39)25(21)26-32-9-8-23(36-26)35-24-11-22(37-10-2-4-20(31)15-37)18(13-33-24)7-6-17-12-34-38(14-17)27(29)30/h1,3,5,8-9,11-14,20,27,39H,2,4,10,15-16,31H2,(H,32,33,35,36)/t20-/m0/s1. The molecule has 0 spiro atoms. The number of nitrogens with two attached hydrogens (primary N) is 1. The lowest BCUT2D eigenvalue weighted by Gasteiger charge is -2.33. The lowest BCUT2D eigenvalue weighted by Crippen LogP contribution is -2.43. The van der Waals surface area contributed by atoms with Gasteiger partial charge in [0.2, 0.25) is 0 Å². The summed E-state index contributed by atoms with van der Waals surface area (Å²) in [5.41, 5.74) is 8.45. The number of hydrogen-bond acceptors (Lipinski definition) is 8. The van der Waals surface area contributed by atoms with Gasteiger partial charge in [-0.2, -0.15) is 13.9 Å². The van der Waals surface area contributed by atoms with Crippen molar-refractivity contribution in [3.8, 4) is 23.2 Å². The first-order valence-electron chi connectivity index (χ1n) is 12.2. The quantitative estimate of drug-likeness (QED) is 0.320. The molecule has 1 atom stereocenters. The van der Waals surface area contributed by atoms with E-state index in [2.05, 4.69) is 42.1 Å². The molecule has 0 unspecified atom stereocenters. The topological polar surface area (TPSA) is 118 Å². The summed E-state index contributed by atoms with van der Waals surface area (Å²) in [6, 6.07) is 7.84. The maximum Gasteiger partial charge on any atom is 0.333 e. The summed E-state index contributed by atoms with van der Waals surface area (Å²) in [5.74, 6) is 6.31. The number of aromatic nitrogens is 5. The predicted octanol–water partition coefficient (Wildman–Crippen LogP) is 3.83. The Morgan fingerprint density at radius 3 is 2.79 bits per heavy atom. The lowest BCUT2D eigenvalue weighted by atomic mass is 10.0. The van der Waals surface area contributed by atoms with Gasteiger partial charge in [0, 0.05) is 43.8 Å². The van der Waals surface area contributed by atoms with Crippen molar-refractivity contribution >= 4 is 17.3 Å². The van der Waals surface area contributed by atoms with E-state index in [0.717, 1.165) is 25.1 Å². The molecule has 0 radical (unpaired) electrons. The highest BCUT2D eigenvalue weighted by molar-refractivity contribution is 5.68. The first-order chi connectivity index (χ1) is 18.9. The van der Waals surface area contributed by atoms with E-state index in [0.29, 0.717) is 39.6 Å². The molecule has 3 aromatic heterocycles. The number of aliphatic hydroxyl groups is 1. The van der Waals surface area contributed by atoms with Crippen LogP contribution in [0.4, 0.5) is 30.5 Å². The Kier molecular flexibility index (Phi) is 7.72. The molecule has 1 aliphatic heterocycles. The SMILES string of the molecule is N[C@H]1CCCN(c2cc(Nc3ccnc(-c4c(F)cccc4CO)n3)ncc2C#Cc2cnn(C(F)F)c2)C1. The molecule has 1 aromatic carbocycles. The normalized spacial score (nSPS) is 15.2. The fraction of sp³-hybridized carbons (Fsp3) is 0.259. The minimum absolute atomic E-state index is 0.000630. The minimum Gasteiger partial charge on any atom is -0.392 e. The number of hydrogen-bond donors (Lipinski definition) is 3. The maximum atomic E-state index is 14.6. The van der Waals surface area contributed by atoms with E-state index in [-0.39, 0.29) is 24.0 Å². The van der Waals surface area contributed by atoms with Crippen LogP contribution in [0.5, 0.6) is 0 Å². The number of benzene rings is 1. The van der Waals surface area contributed by atoms with Gasteiger partial charge in [-0.05, 0) is 30.5 Å². The smallest absolute Gasteiger partial charge is 0.333 e. The Bertz CT molecular complexity index is 1530. The fourth-order valence-electron chi connectivity index (χ4n) is 4.38. The van der Waals surface area contributed by atoms with Crippen LogP contribution in [-0.4, -0.2) is 49.0 Å². The first-order valence-corrected chi connectivity index (χ1v) is 12.2. The van der Waals surface area contributed by atoms with Gasteiger partial charge in [-0.15, -0.1) is 0 Å². The van der Waals surface area contributed by atoms with Crippen molar-refractivity contribution in [1.29, 1.82) is 0 Å². The summed E-state index contributed by atoms with van der Waals surface area (Å²) >= 11 is 0. The molecule has 200 valence electrons. The van der Waals surface area contributed by atoms with Gasteiger partial charge >= 0.3 is 6.55 Å². The number of nitrogens with zero attached hydrogens (tertiary/aromatic N) is 6. The zero-order chi connectivity index (χ0) is 27.4. The largest absolute Gasteiger partial charge is 0.392 e. The summed E-state index contributed by atoms with van der Waals surface area (Å²) in [4.78, 5) is 15.2. The van der Waals surface area contributed by atoms with Crippen molar-refractivity contribution in [2.75, 3.05) is 23.3 Å². The van der Waals surface area contributed by atoms with Gasteiger partial charge in [0.15, 0.2) is 5.82 Å². The number of alkyl halides is 2. The molecule has 4 aromatic rings. The third-order valence-electron chi connectivity index (χ3n) is 6.23. The number of rotatable bonds is 6. The van der Waals surface area contributed by atoms with Gasteiger partial charge in [0.25, 0.3) is 0 Å². The Balaban J connectivity index is 1.46. The van der Waals surface area contributed by atoms with Crippen LogP contribution in [-0.2, 0) is 6.61 Å². The molecule has 12 heteroatoms. The number of anilines is 3. The van der Waals surface area contributed by atoms with Crippen LogP contribution in [0.3, 0.4) is 0 Å². The van der Waals surface area contributed by atoms with E-state index in [9.17, 15) is 18.3 Å². The van der Waals surface area contributed by atoms with Crippen LogP contribution in [0.2, 0.25) is 0 Å². The molecule has 9 nitrogen and oxygen atoms in total. The van der Waals surface area contributed by atoms with E-state index < -0.39 is 12.4 Å². The highest BCUT2D eigenvalue weighted by Crippen LogP contribution is 2.28. The molecule has 1 saturated heterocycles. The van der Waals surface area contributed by atoms with E-state index in [1.807, 2.05) is 6.07 Å². The molecule has 1 aliphatic rings. The Morgan fingerprint density at radius 2 is 2.03 bits per heavy atom. The van der Waals surface area contributed by atoms with Crippen LogP contribution in [0, 0.1) is 17.7 Å². The lowest BCUT2D eigenvalue weighted by molar-refractivity contribution is 0.0566. The van der Waals surface area contributed by atoms with Crippen LogP contribution in [0.15, 0.2) is 55.1 Å². The average molecular weight is 535 g/mol. The van der Waals surface area contributed by atoms with Crippen LogP contribution in [0.1, 0.15) is 36.1 Å². The predicted molar refractivity (Wildman–Crippen MR) is 140 cm³/mol. The van der Waals surface area contributed by atoms with Gasteiger partial charge in [0.1, 0.15) is 17.5 Å². The molecule has 39 heavy (non-hydrogen) atoms. The second-order valence-corrected chi connectivity index (χ2v) is 8.99. The Labute approximate surface area is 222 Å². The van der Waals surface area contributed by atoms with E-state index in [1.54, 1.807) is 18.3 Å². The molecular weight excluding hydrogens is 509 g/mol. The molecule has 4 N–H and O–H groups in total. The first kappa shape index (κ1) is 26.1. The van der Waals surface area contributed by atoms with Crippen LogP contribution >= 0.6 is 0 Å². The molecule has 1 fully saturated rings. The maximum absolute atomic E-state index is 14.6. The van der Waals surface area contributed by atoms with Gasteiger partial charge in [0.05, 0.1) is 35.2 Å². The number of pyridine rings is 1. The molecule has 0 saturated carbocycles. The summed E-state index contributed by atoms with van der Waals surface area (Å²) in [6.07, 6.45) is 7.36. The van der Waals surface area contributed by atoms with Crippen molar-refractivity contribution in [2.24, 2.45) is 5.73 Å². The molecule has 5 rings (SSSR count). The van der Waals surface area contributed by atoms with Crippen molar-refractivity contribution < 1.29 is 18.3 Å². The summed E-state index contributed by atoms with van der Waals surface area (Å²) < 4.78 is 40.8. The van der Waals surface area contributed by atoms with Gasteiger partial charge < -0.3 is 21.1 Å². The van der Waals surface area contributed by atoms with Gasteiger partial charge in [-0.25, -0.2) is 24.0 Å². The number of piperidine rings is 1. The van der Waals surface area contributed by atoms with Crippen LogP contribution in [0.25, 0.3) is 11.4 Å². The van der Waals surface area contributed by atoms with Crippen molar-refractivity contribution in [2.45, 2.75) is 32.0 Å². The minimum atomic E-state index is -2.74. The number of nitrogens with one attached hydrogen (secondary N) is 1. The van der Waals surface area contributed by atoms with E-state index in [4.69, 9.17) is 5.73 Å². The highest BCUT2D eigenvalue weighted by Gasteiger charge is 2.20. The van der Waals surface area contributed by atoms with Gasteiger partial charge in [-0.3, -0.25) is 0 Å². The van der Waals surface area contributed by atoms with Crippen molar-refractivity contribution in [3.05, 3.63) is 77.6 Å². The molecule has 0 bridgehead atoms. The summed E-state index contributed by atoms with van der Waals surface area (Å²) in [7, 11) is 0.